The van der Waals surface area contributed by atoms with Gasteiger partial charge in [0, 0.05) is 6.54 Å². The molecule has 2 heterocycles. The average molecular weight is 417 g/mol. The Kier molecular flexibility index (Phi) is 7.28. The Morgan fingerprint density at radius 2 is 1.97 bits per heavy atom. The van der Waals surface area contributed by atoms with E-state index < -0.39 is 29.5 Å². The summed E-state index contributed by atoms with van der Waals surface area (Å²) >= 11 is 1.21. The Morgan fingerprint density at radius 1 is 1.17 bits per heavy atom. The Bertz CT molecular complexity index is 830. The topological polar surface area (TPSA) is 138 Å². The lowest BCUT2D eigenvalue weighted by atomic mass is 10.1. The number of furan rings is 1. The van der Waals surface area contributed by atoms with Crippen molar-refractivity contribution in [2.75, 3.05) is 12.3 Å². The van der Waals surface area contributed by atoms with Crippen molar-refractivity contribution >= 4 is 29.5 Å². The first kappa shape index (κ1) is 20.9. The number of rotatable bonds is 8. The molecule has 9 nitrogen and oxygen atoms in total. The summed E-state index contributed by atoms with van der Waals surface area (Å²) in [6, 6.07) is 12.0. The third-order valence-corrected chi connectivity index (χ3v) is 5.27. The van der Waals surface area contributed by atoms with Gasteiger partial charge in [0.1, 0.15) is 11.5 Å². The number of hydrogen-bond acceptors (Lipinski definition) is 7. The molecule has 154 valence electrons. The first-order valence-corrected chi connectivity index (χ1v) is 10.2. The van der Waals surface area contributed by atoms with Gasteiger partial charge in [0.25, 0.3) is 5.91 Å². The largest absolute Gasteiger partial charge is 0.459 e. The molecule has 29 heavy (non-hydrogen) atoms. The fourth-order valence-electron chi connectivity index (χ4n) is 2.76. The molecule has 1 aliphatic heterocycles. The van der Waals surface area contributed by atoms with Crippen LogP contribution in [0.2, 0.25) is 0 Å². The van der Waals surface area contributed by atoms with Crippen molar-refractivity contribution < 1.29 is 18.8 Å². The smallest absolute Gasteiger partial charge is 0.287 e. The molecular weight excluding hydrogens is 394 g/mol. The Balaban J connectivity index is 1.38. The lowest BCUT2D eigenvalue weighted by Crippen LogP contribution is -2.70. The fraction of sp³-hybridized carbons (Fsp3) is 0.316. The van der Waals surface area contributed by atoms with Gasteiger partial charge in [-0.1, -0.05) is 30.3 Å². The van der Waals surface area contributed by atoms with Crippen molar-refractivity contribution in [1.82, 2.24) is 21.3 Å². The predicted octanol–water partition coefficient (Wildman–Crippen LogP) is -0.242. The Hall–Kier alpha value is -2.82. The van der Waals surface area contributed by atoms with E-state index in [4.69, 9.17) is 10.2 Å². The van der Waals surface area contributed by atoms with Gasteiger partial charge in [-0.3, -0.25) is 19.7 Å². The molecule has 2 aromatic rings. The molecule has 0 radical (unpaired) electrons. The van der Waals surface area contributed by atoms with Gasteiger partial charge in [-0.2, -0.15) is 0 Å². The van der Waals surface area contributed by atoms with Crippen LogP contribution in [-0.2, 0) is 16.0 Å². The summed E-state index contributed by atoms with van der Waals surface area (Å²) < 4.78 is 5.00. The molecule has 3 atom stereocenters. The SMILES string of the molecule is NC1NC(SCC(=O)NCCc2ccccc2)NC(=O)C1NC(=O)c1ccco1. The van der Waals surface area contributed by atoms with Crippen LogP contribution in [0.15, 0.2) is 53.1 Å². The zero-order valence-corrected chi connectivity index (χ0v) is 16.4. The van der Waals surface area contributed by atoms with E-state index in [2.05, 4.69) is 21.3 Å². The van der Waals surface area contributed by atoms with Crippen LogP contribution in [0, 0.1) is 0 Å². The number of hydrogen-bond donors (Lipinski definition) is 5. The van der Waals surface area contributed by atoms with E-state index in [9.17, 15) is 14.4 Å². The van der Waals surface area contributed by atoms with Crippen molar-refractivity contribution in [2.45, 2.75) is 24.1 Å². The third kappa shape index (κ3) is 6.08. The molecule has 0 spiro atoms. The summed E-state index contributed by atoms with van der Waals surface area (Å²) in [4.78, 5) is 36.4. The number of benzene rings is 1. The van der Waals surface area contributed by atoms with Crippen LogP contribution in [0.1, 0.15) is 16.1 Å². The Labute approximate surface area is 172 Å². The van der Waals surface area contributed by atoms with E-state index in [1.807, 2.05) is 30.3 Å². The average Bonchev–Trinajstić information content (AvgIpc) is 3.25. The summed E-state index contributed by atoms with van der Waals surface area (Å²) in [6.07, 6.45) is 1.31. The van der Waals surface area contributed by atoms with Crippen LogP contribution in [0.4, 0.5) is 0 Å². The highest BCUT2D eigenvalue weighted by atomic mass is 32.2. The molecule has 1 saturated heterocycles. The number of amides is 3. The van der Waals surface area contributed by atoms with Gasteiger partial charge in [-0.05, 0) is 24.1 Å². The summed E-state index contributed by atoms with van der Waals surface area (Å²) in [5, 5.41) is 11.0. The molecule has 1 aromatic heterocycles. The molecule has 0 aliphatic carbocycles. The molecule has 10 heteroatoms. The first-order valence-electron chi connectivity index (χ1n) is 9.11. The molecule has 6 N–H and O–H groups in total. The third-order valence-electron chi connectivity index (χ3n) is 4.25. The van der Waals surface area contributed by atoms with Crippen LogP contribution in [0.25, 0.3) is 0 Å². The van der Waals surface area contributed by atoms with E-state index in [-0.39, 0.29) is 17.4 Å². The van der Waals surface area contributed by atoms with E-state index in [1.54, 1.807) is 6.07 Å². The molecular formula is C19H23N5O4S. The van der Waals surface area contributed by atoms with Gasteiger partial charge < -0.3 is 26.1 Å². The van der Waals surface area contributed by atoms with Crippen molar-refractivity contribution in [3.8, 4) is 0 Å². The summed E-state index contributed by atoms with van der Waals surface area (Å²) in [7, 11) is 0. The molecule has 3 amide bonds. The number of nitrogens with one attached hydrogen (secondary N) is 4. The summed E-state index contributed by atoms with van der Waals surface area (Å²) in [6.45, 7) is 0.536. The van der Waals surface area contributed by atoms with Gasteiger partial charge in [0.05, 0.1) is 18.2 Å². The number of thioether (sulfide) groups is 1. The van der Waals surface area contributed by atoms with Crippen LogP contribution in [0.5, 0.6) is 0 Å². The van der Waals surface area contributed by atoms with E-state index in [0.717, 1.165) is 12.0 Å². The maximum atomic E-state index is 12.3. The molecule has 0 bridgehead atoms. The predicted molar refractivity (Wildman–Crippen MR) is 109 cm³/mol. The second-order valence-corrected chi connectivity index (χ2v) is 7.50. The normalized spacial score (nSPS) is 21.3. The minimum absolute atomic E-state index is 0.0914. The van der Waals surface area contributed by atoms with Crippen LogP contribution >= 0.6 is 11.8 Å². The lowest BCUT2D eigenvalue weighted by Gasteiger charge is -2.35. The van der Waals surface area contributed by atoms with Gasteiger partial charge in [0.2, 0.25) is 11.8 Å². The Morgan fingerprint density at radius 3 is 2.66 bits per heavy atom. The fourth-order valence-corrected chi connectivity index (χ4v) is 3.63. The molecule has 3 rings (SSSR count). The zero-order valence-electron chi connectivity index (χ0n) is 15.6. The number of carbonyl (C=O) groups excluding carboxylic acids is 3. The van der Waals surface area contributed by atoms with E-state index in [0.29, 0.717) is 6.54 Å². The van der Waals surface area contributed by atoms with Crippen molar-refractivity contribution in [2.24, 2.45) is 5.73 Å². The standard InChI is InChI=1S/C19H23N5O4S/c20-16-15(22-17(26)13-7-4-10-28-13)18(27)24-19(23-16)29-11-14(25)21-9-8-12-5-2-1-3-6-12/h1-7,10,15-16,19,23H,8-9,11,20H2,(H,21,25)(H,22,26)(H,24,27). The second-order valence-electron chi connectivity index (χ2n) is 6.41. The highest BCUT2D eigenvalue weighted by molar-refractivity contribution is 8.00. The molecule has 0 saturated carbocycles. The van der Waals surface area contributed by atoms with E-state index in [1.165, 1.54) is 24.1 Å². The minimum atomic E-state index is -0.954. The maximum absolute atomic E-state index is 12.3. The van der Waals surface area contributed by atoms with Gasteiger partial charge in [-0.25, -0.2) is 0 Å². The quantitative estimate of drug-likeness (QED) is 0.399. The van der Waals surface area contributed by atoms with Crippen molar-refractivity contribution in [3.63, 3.8) is 0 Å². The van der Waals surface area contributed by atoms with Gasteiger partial charge >= 0.3 is 0 Å². The van der Waals surface area contributed by atoms with Crippen molar-refractivity contribution in [1.29, 1.82) is 0 Å². The van der Waals surface area contributed by atoms with Crippen molar-refractivity contribution in [3.05, 3.63) is 60.1 Å². The highest BCUT2D eigenvalue weighted by Crippen LogP contribution is 2.11. The first-order chi connectivity index (χ1) is 14.0. The van der Waals surface area contributed by atoms with Crippen LogP contribution in [-0.4, -0.2) is 47.7 Å². The molecule has 1 aromatic carbocycles. The maximum Gasteiger partial charge on any atom is 0.287 e. The molecule has 1 aliphatic rings. The lowest BCUT2D eigenvalue weighted by molar-refractivity contribution is -0.126. The number of nitrogens with two attached hydrogens (primary N) is 1. The van der Waals surface area contributed by atoms with Crippen LogP contribution in [0.3, 0.4) is 0 Å². The van der Waals surface area contributed by atoms with Gasteiger partial charge in [0.15, 0.2) is 5.76 Å². The monoisotopic (exact) mass is 417 g/mol. The summed E-state index contributed by atoms with van der Waals surface area (Å²) in [5.74, 6) is -0.852. The minimum Gasteiger partial charge on any atom is -0.459 e. The molecule has 1 fully saturated rings. The highest BCUT2D eigenvalue weighted by Gasteiger charge is 2.35. The molecule has 3 unspecified atom stereocenters. The zero-order chi connectivity index (χ0) is 20.6. The second kappa shape index (κ2) is 10.1. The number of carbonyl (C=O) groups is 3. The summed E-state index contributed by atoms with van der Waals surface area (Å²) in [5.41, 5.74) is 6.60. The van der Waals surface area contributed by atoms with E-state index >= 15 is 0 Å². The van der Waals surface area contributed by atoms with Crippen LogP contribution < -0.4 is 27.0 Å². The van der Waals surface area contributed by atoms with Gasteiger partial charge in [-0.15, -0.1) is 11.8 Å².